The lowest BCUT2D eigenvalue weighted by atomic mass is 10.1. The number of rotatable bonds is 3. The number of hydrogen-bond donors (Lipinski definition) is 1. The van der Waals surface area contributed by atoms with Crippen LogP contribution in [0.5, 0.6) is 0 Å². The highest BCUT2D eigenvalue weighted by molar-refractivity contribution is 5.95. The average Bonchev–Trinajstić information content (AvgIpc) is 2.43. The number of nitrogens with zero attached hydrogens (tertiary/aromatic N) is 3. The Morgan fingerprint density at radius 3 is 2.60 bits per heavy atom. The molecule has 2 aromatic rings. The van der Waals surface area contributed by atoms with E-state index >= 15 is 0 Å². The van der Waals surface area contributed by atoms with E-state index in [4.69, 9.17) is 0 Å². The van der Waals surface area contributed by atoms with Crippen molar-refractivity contribution < 1.29 is 9.18 Å². The van der Waals surface area contributed by atoms with Gasteiger partial charge in [-0.2, -0.15) is 0 Å². The number of amides is 1. The molecule has 3 rings (SSSR count). The van der Waals surface area contributed by atoms with Crippen molar-refractivity contribution in [1.82, 2.24) is 14.9 Å². The second kappa shape index (κ2) is 5.24. The Morgan fingerprint density at radius 1 is 1.20 bits per heavy atom. The fraction of sp³-hybridized carbons (Fsp3) is 0.214. The smallest absolute Gasteiger partial charge is 0.256 e. The number of nitrogens with one attached hydrogen (secondary N) is 1. The lowest BCUT2D eigenvalue weighted by molar-refractivity contribution is 0.0619. The monoisotopic (exact) mass is 272 g/mol. The molecule has 0 aliphatic carbocycles. The van der Waals surface area contributed by atoms with Crippen molar-refractivity contribution in [2.75, 3.05) is 18.4 Å². The van der Waals surface area contributed by atoms with Crippen molar-refractivity contribution in [3.63, 3.8) is 0 Å². The summed E-state index contributed by atoms with van der Waals surface area (Å²) in [4.78, 5) is 21.8. The van der Waals surface area contributed by atoms with Gasteiger partial charge in [0.15, 0.2) is 0 Å². The highest BCUT2D eigenvalue weighted by atomic mass is 19.1. The molecule has 1 amide bonds. The second-order valence-electron chi connectivity index (χ2n) is 4.60. The first-order valence-electron chi connectivity index (χ1n) is 6.31. The Labute approximate surface area is 115 Å². The minimum atomic E-state index is -0.486. The molecule has 0 saturated carbocycles. The maximum absolute atomic E-state index is 13.5. The summed E-state index contributed by atoms with van der Waals surface area (Å²) >= 11 is 0. The highest BCUT2D eigenvalue weighted by Crippen LogP contribution is 2.17. The van der Waals surface area contributed by atoms with Crippen LogP contribution in [0.2, 0.25) is 0 Å². The van der Waals surface area contributed by atoms with Crippen LogP contribution in [0.15, 0.2) is 42.7 Å². The first-order valence-corrected chi connectivity index (χ1v) is 6.31. The Morgan fingerprint density at radius 2 is 1.90 bits per heavy atom. The van der Waals surface area contributed by atoms with Crippen molar-refractivity contribution in [2.45, 2.75) is 6.04 Å². The van der Waals surface area contributed by atoms with Crippen molar-refractivity contribution >= 4 is 11.9 Å². The number of carbonyl (C=O) groups excluding carboxylic acids is 1. The standard InChI is InChI=1S/C14H13FN4O/c15-12-5-2-1-4-11(12)13(20)19-8-10(9-19)18-14-16-6-3-7-17-14/h1-7,10H,8-9H2,(H,16,17,18). The molecule has 1 fully saturated rings. The molecular weight excluding hydrogens is 259 g/mol. The van der Waals surface area contributed by atoms with Crippen LogP contribution in [0.4, 0.5) is 10.3 Å². The predicted octanol–water partition coefficient (Wildman–Crippen LogP) is 1.55. The summed E-state index contributed by atoms with van der Waals surface area (Å²) in [5.74, 6) is -0.231. The Bertz CT molecular complexity index is 614. The van der Waals surface area contributed by atoms with E-state index in [9.17, 15) is 9.18 Å². The van der Waals surface area contributed by atoms with Crippen LogP contribution < -0.4 is 5.32 Å². The Hall–Kier alpha value is -2.50. The summed E-state index contributed by atoms with van der Waals surface area (Å²) in [6, 6.07) is 7.86. The van der Waals surface area contributed by atoms with Gasteiger partial charge in [-0.05, 0) is 18.2 Å². The molecule has 1 saturated heterocycles. The molecule has 0 radical (unpaired) electrons. The molecule has 1 aromatic heterocycles. The third-order valence-electron chi connectivity index (χ3n) is 3.17. The number of benzene rings is 1. The number of halogens is 1. The molecule has 1 aromatic carbocycles. The molecule has 1 aliphatic rings. The number of carbonyl (C=O) groups is 1. The Balaban J connectivity index is 1.58. The molecule has 1 aliphatic heterocycles. The molecule has 2 heterocycles. The van der Waals surface area contributed by atoms with Gasteiger partial charge in [-0.1, -0.05) is 12.1 Å². The van der Waals surface area contributed by atoms with Crippen molar-refractivity contribution in [3.05, 3.63) is 54.1 Å². The third-order valence-corrected chi connectivity index (χ3v) is 3.17. The van der Waals surface area contributed by atoms with Gasteiger partial charge in [0.1, 0.15) is 5.82 Å². The molecule has 0 bridgehead atoms. The Kier molecular flexibility index (Phi) is 3.28. The maximum atomic E-state index is 13.5. The van der Waals surface area contributed by atoms with Gasteiger partial charge in [0.05, 0.1) is 11.6 Å². The largest absolute Gasteiger partial charge is 0.348 e. The minimum absolute atomic E-state index is 0.105. The van der Waals surface area contributed by atoms with Gasteiger partial charge in [0.2, 0.25) is 5.95 Å². The summed E-state index contributed by atoms with van der Waals surface area (Å²) in [6.07, 6.45) is 3.30. The van der Waals surface area contributed by atoms with Crippen LogP contribution in [-0.4, -0.2) is 39.9 Å². The van der Waals surface area contributed by atoms with E-state index in [1.165, 1.54) is 12.1 Å². The van der Waals surface area contributed by atoms with E-state index < -0.39 is 5.82 Å². The van der Waals surface area contributed by atoms with Gasteiger partial charge in [0.25, 0.3) is 5.91 Å². The zero-order valence-electron chi connectivity index (χ0n) is 10.7. The topological polar surface area (TPSA) is 58.1 Å². The maximum Gasteiger partial charge on any atom is 0.256 e. The molecule has 20 heavy (non-hydrogen) atoms. The van der Waals surface area contributed by atoms with Crippen LogP contribution in [0, 0.1) is 5.82 Å². The van der Waals surface area contributed by atoms with Crippen molar-refractivity contribution in [2.24, 2.45) is 0 Å². The van der Waals surface area contributed by atoms with Crippen LogP contribution in [0.25, 0.3) is 0 Å². The molecule has 1 N–H and O–H groups in total. The summed E-state index contributed by atoms with van der Waals surface area (Å²) in [5, 5.41) is 3.12. The van der Waals surface area contributed by atoms with Crippen LogP contribution in [0.3, 0.4) is 0 Å². The van der Waals surface area contributed by atoms with Crippen molar-refractivity contribution in [3.8, 4) is 0 Å². The highest BCUT2D eigenvalue weighted by Gasteiger charge is 2.32. The molecule has 6 heteroatoms. The lowest BCUT2D eigenvalue weighted by Crippen LogP contribution is -2.57. The van der Waals surface area contributed by atoms with Crippen LogP contribution in [-0.2, 0) is 0 Å². The molecule has 0 unspecified atom stereocenters. The summed E-state index contributed by atoms with van der Waals surface area (Å²) in [7, 11) is 0. The SMILES string of the molecule is O=C(c1ccccc1F)N1CC(Nc2ncccn2)C1. The first-order chi connectivity index (χ1) is 9.74. The van der Waals surface area contributed by atoms with Gasteiger partial charge in [0, 0.05) is 25.5 Å². The molecular formula is C14H13FN4O. The second-order valence-corrected chi connectivity index (χ2v) is 4.60. The average molecular weight is 272 g/mol. The molecule has 0 spiro atoms. The van der Waals surface area contributed by atoms with E-state index in [1.807, 2.05) is 0 Å². The molecule has 102 valence electrons. The lowest BCUT2D eigenvalue weighted by Gasteiger charge is -2.39. The van der Waals surface area contributed by atoms with E-state index in [-0.39, 0.29) is 17.5 Å². The quantitative estimate of drug-likeness (QED) is 0.921. The third kappa shape index (κ3) is 2.45. The van der Waals surface area contributed by atoms with Gasteiger partial charge < -0.3 is 10.2 Å². The summed E-state index contributed by atoms with van der Waals surface area (Å²) in [6.45, 7) is 1.04. The van der Waals surface area contributed by atoms with Crippen molar-refractivity contribution in [1.29, 1.82) is 0 Å². The fourth-order valence-corrected chi connectivity index (χ4v) is 2.10. The normalized spacial score (nSPS) is 14.8. The van der Waals surface area contributed by atoms with E-state index in [1.54, 1.807) is 35.5 Å². The number of aromatic nitrogens is 2. The fourth-order valence-electron chi connectivity index (χ4n) is 2.10. The van der Waals surface area contributed by atoms with E-state index in [2.05, 4.69) is 15.3 Å². The predicted molar refractivity (Wildman–Crippen MR) is 71.7 cm³/mol. The zero-order valence-corrected chi connectivity index (χ0v) is 10.7. The van der Waals surface area contributed by atoms with Crippen LogP contribution >= 0.6 is 0 Å². The molecule has 5 nitrogen and oxygen atoms in total. The van der Waals surface area contributed by atoms with Crippen LogP contribution in [0.1, 0.15) is 10.4 Å². The number of likely N-dealkylation sites (tertiary alicyclic amines) is 1. The number of anilines is 1. The van der Waals surface area contributed by atoms with Gasteiger partial charge in [-0.15, -0.1) is 0 Å². The summed E-state index contributed by atoms with van der Waals surface area (Å²) < 4.78 is 13.5. The number of hydrogen-bond acceptors (Lipinski definition) is 4. The van der Waals surface area contributed by atoms with Gasteiger partial charge in [-0.25, -0.2) is 14.4 Å². The molecule has 0 atom stereocenters. The zero-order chi connectivity index (χ0) is 13.9. The van der Waals surface area contributed by atoms with Gasteiger partial charge >= 0.3 is 0 Å². The first kappa shape index (κ1) is 12.5. The summed E-state index contributed by atoms with van der Waals surface area (Å²) in [5.41, 5.74) is 0.113. The van der Waals surface area contributed by atoms with E-state index in [0.717, 1.165) is 0 Å². The van der Waals surface area contributed by atoms with E-state index in [0.29, 0.717) is 19.0 Å². The minimum Gasteiger partial charge on any atom is -0.348 e. The van der Waals surface area contributed by atoms with Gasteiger partial charge in [-0.3, -0.25) is 4.79 Å².